The number of carbonyl (C=O) groups is 1. The third-order valence-electron chi connectivity index (χ3n) is 3.73. The van der Waals surface area contributed by atoms with E-state index in [0.29, 0.717) is 25.3 Å². The van der Waals surface area contributed by atoms with Gasteiger partial charge in [-0.05, 0) is 30.4 Å². The fourth-order valence-electron chi connectivity index (χ4n) is 2.56. The Bertz CT molecular complexity index is 655. The highest BCUT2D eigenvalue weighted by Crippen LogP contribution is 2.36. The molecule has 0 saturated carbocycles. The summed E-state index contributed by atoms with van der Waals surface area (Å²) in [6, 6.07) is 5.10. The molecule has 7 heteroatoms. The lowest BCUT2D eigenvalue weighted by atomic mass is 10.2. The van der Waals surface area contributed by atoms with Crippen LogP contribution in [-0.2, 0) is 14.8 Å². The molecule has 1 aliphatic rings. The quantitative estimate of drug-likeness (QED) is 0.844. The van der Waals surface area contributed by atoms with Crippen molar-refractivity contribution < 1.29 is 13.2 Å². The van der Waals surface area contributed by atoms with Crippen LogP contribution in [0.5, 0.6) is 0 Å². The fourth-order valence-corrected chi connectivity index (χ4v) is 5.01. The van der Waals surface area contributed by atoms with Crippen molar-refractivity contribution in [2.75, 3.05) is 30.3 Å². The highest BCUT2D eigenvalue weighted by molar-refractivity contribution is 7.99. The minimum atomic E-state index is -3.51. The van der Waals surface area contributed by atoms with E-state index in [4.69, 9.17) is 0 Å². The maximum Gasteiger partial charge on any atom is 0.243 e. The Morgan fingerprint density at radius 1 is 1.32 bits per heavy atom. The van der Waals surface area contributed by atoms with Crippen LogP contribution < -0.4 is 4.90 Å². The molecular formula is C15H22N2O3S2. The number of hydrogen-bond acceptors (Lipinski definition) is 4. The topological polar surface area (TPSA) is 57.7 Å². The van der Waals surface area contributed by atoms with Gasteiger partial charge in [-0.1, -0.05) is 13.8 Å². The lowest BCUT2D eigenvalue weighted by Gasteiger charge is -2.23. The van der Waals surface area contributed by atoms with E-state index >= 15 is 0 Å². The van der Waals surface area contributed by atoms with Crippen LogP contribution in [0.1, 0.15) is 27.2 Å². The highest BCUT2D eigenvalue weighted by Gasteiger charge is 2.25. The first-order valence-electron chi connectivity index (χ1n) is 7.47. The summed E-state index contributed by atoms with van der Waals surface area (Å²) in [5, 5.41) is 0. The number of anilines is 1. The number of carbonyl (C=O) groups excluding carboxylic acids is 1. The first kappa shape index (κ1) is 17.3. The summed E-state index contributed by atoms with van der Waals surface area (Å²) in [4.78, 5) is 14.8. The molecule has 1 heterocycles. The van der Waals surface area contributed by atoms with Crippen molar-refractivity contribution in [2.24, 2.45) is 0 Å². The van der Waals surface area contributed by atoms with Gasteiger partial charge in [-0.25, -0.2) is 8.42 Å². The molecule has 5 nitrogen and oxygen atoms in total. The summed E-state index contributed by atoms with van der Waals surface area (Å²) >= 11 is 1.67. The number of nitrogens with zero attached hydrogens (tertiary/aromatic N) is 2. The molecule has 1 aromatic carbocycles. The molecule has 1 aromatic rings. The average molecular weight is 342 g/mol. The van der Waals surface area contributed by atoms with Gasteiger partial charge in [0.2, 0.25) is 15.9 Å². The second-order valence-corrected chi connectivity index (χ2v) is 8.17. The van der Waals surface area contributed by atoms with Crippen LogP contribution >= 0.6 is 11.8 Å². The molecule has 0 bridgehead atoms. The van der Waals surface area contributed by atoms with Crippen LogP contribution in [0.15, 0.2) is 28.0 Å². The zero-order valence-corrected chi connectivity index (χ0v) is 14.8. The van der Waals surface area contributed by atoms with E-state index < -0.39 is 10.0 Å². The maximum atomic E-state index is 12.7. The summed E-state index contributed by atoms with van der Waals surface area (Å²) in [6.07, 6.45) is 0.900. The summed E-state index contributed by atoms with van der Waals surface area (Å²) in [5.74, 6) is 0.875. The van der Waals surface area contributed by atoms with Crippen LogP contribution in [0.2, 0.25) is 0 Å². The van der Waals surface area contributed by atoms with Gasteiger partial charge in [0, 0.05) is 31.5 Å². The largest absolute Gasteiger partial charge is 0.311 e. The normalized spacial score (nSPS) is 15.5. The molecule has 0 radical (unpaired) electrons. The van der Waals surface area contributed by atoms with Crippen LogP contribution in [-0.4, -0.2) is 44.0 Å². The van der Waals surface area contributed by atoms with E-state index in [-0.39, 0.29) is 10.8 Å². The number of benzene rings is 1. The summed E-state index contributed by atoms with van der Waals surface area (Å²) in [5.41, 5.74) is 0.711. The van der Waals surface area contributed by atoms with Crippen LogP contribution in [0.4, 0.5) is 5.69 Å². The zero-order chi connectivity index (χ0) is 16.3. The van der Waals surface area contributed by atoms with Crippen molar-refractivity contribution in [3.8, 4) is 0 Å². The standard InChI is InChI=1S/C15H22N2O3S2/c1-4-16(5-2)22(19,20)13-7-8-15-14(11-13)17(12(3)18)9-6-10-21-15/h7-8,11H,4-6,9-10H2,1-3H3. The molecule has 2 rings (SSSR count). The van der Waals surface area contributed by atoms with Crippen molar-refractivity contribution in [1.82, 2.24) is 4.31 Å². The highest BCUT2D eigenvalue weighted by atomic mass is 32.2. The Hall–Kier alpha value is -1.05. The molecule has 0 aliphatic carbocycles. The molecule has 22 heavy (non-hydrogen) atoms. The van der Waals surface area contributed by atoms with Crippen LogP contribution in [0.3, 0.4) is 0 Å². The number of hydrogen-bond donors (Lipinski definition) is 0. The smallest absolute Gasteiger partial charge is 0.243 e. The van der Waals surface area contributed by atoms with Crippen molar-refractivity contribution >= 4 is 33.4 Å². The van der Waals surface area contributed by atoms with Gasteiger partial charge in [0.1, 0.15) is 0 Å². The van der Waals surface area contributed by atoms with E-state index in [9.17, 15) is 13.2 Å². The van der Waals surface area contributed by atoms with Gasteiger partial charge >= 0.3 is 0 Å². The van der Waals surface area contributed by atoms with Crippen molar-refractivity contribution in [3.63, 3.8) is 0 Å². The summed E-state index contributed by atoms with van der Waals surface area (Å²) in [7, 11) is -3.51. The number of sulfonamides is 1. The van der Waals surface area contributed by atoms with Crippen LogP contribution in [0, 0.1) is 0 Å². The van der Waals surface area contributed by atoms with E-state index in [1.54, 1.807) is 28.8 Å². The third kappa shape index (κ3) is 3.31. The first-order chi connectivity index (χ1) is 10.4. The molecule has 1 aliphatic heterocycles. The van der Waals surface area contributed by atoms with E-state index in [0.717, 1.165) is 17.1 Å². The Labute approximate surface area is 136 Å². The van der Waals surface area contributed by atoms with Gasteiger partial charge in [-0.15, -0.1) is 11.8 Å². The molecular weight excluding hydrogens is 320 g/mol. The molecule has 0 atom stereocenters. The lowest BCUT2D eigenvalue weighted by Crippen LogP contribution is -2.32. The Morgan fingerprint density at radius 2 is 2.00 bits per heavy atom. The van der Waals surface area contributed by atoms with Gasteiger partial charge in [0.15, 0.2) is 0 Å². The van der Waals surface area contributed by atoms with Gasteiger partial charge in [-0.2, -0.15) is 4.31 Å². The molecule has 0 saturated heterocycles. The molecule has 0 N–H and O–H groups in total. The second-order valence-electron chi connectivity index (χ2n) is 5.09. The van der Waals surface area contributed by atoms with Crippen molar-refractivity contribution in [1.29, 1.82) is 0 Å². The Balaban J connectivity index is 2.52. The molecule has 0 fully saturated rings. The first-order valence-corrected chi connectivity index (χ1v) is 9.89. The summed E-state index contributed by atoms with van der Waals surface area (Å²) < 4.78 is 26.7. The van der Waals surface area contributed by atoms with Gasteiger partial charge in [-0.3, -0.25) is 4.79 Å². The summed E-state index contributed by atoms with van der Waals surface area (Å²) in [6.45, 7) is 6.65. The molecule has 1 amide bonds. The monoisotopic (exact) mass is 342 g/mol. The molecule has 0 spiro atoms. The van der Waals surface area contributed by atoms with Gasteiger partial charge in [0.25, 0.3) is 0 Å². The minimum absolute atomic E-state index is 0.0545. The Kier molecular flexibility index (Phi) is 5.52. The molecule has 0 aromatic heterocycles. The number of fused-ring (bicyclic) bond motifs is 1. The predicted octanol–water partition coefficient (Wildman–Crippen LogP) is 2.57. The number of rotatable bonds is 4. The SMILES string of the molecule is CCN(CC)S(=O)(=O)c1ccc2c(c1)N(C(C)=O)CCCS2. The Morgan fingerprint density at radius 3 is 2.59 bits per heavy atom. The van der Waals surface area contributed by atoms with E-state index in [1.807, 2.05) is 19.9 Å². The zero-order valence-electron chi connectivity index (χ0n) is 13.2. The van der Waals surface area contributed by atoms with E-state index in [1.165, 1.54) is 11.2 Å². The lowest BCUT2D eigenvalue weighted by molar-refractivity contribution is -0.116. The van der Waals surface area contributed by atoms with Gasteiger partial charge in [0.05, 0.1) is 10.6 Å². The van der Waals surface area contributed by atoms with Crippen molar-refractivity contribution in [2.45, 2.75) is 37.0 Å². The van der Waals surface area contributed by atoms with E-state index in [2.05, 4.69) is 0 Å². The third-order valence-corrected chi connectivity index (χ3v) is 6.92. The molecule has 0 unspecified atom stereocenters. The van der Waals surface area contributed by atoms with Crippen LogP contribution in [0.25, 0.3) is 0 Å². The average Bonchev–Trinajstić information content (AvgIpc) is 2.69. The van der Waals surface area contributed by atoms with Gasteiger partial charge < -0.3 is 4.90 Å². The predicted molar refractivity (Wildman–Crippen MR) is 89.9 cm³/mol. The minimum Gasteiger partial charge on any atom is -0.311 e. The van der Waals surface area contributed by atoms with Crippen molar-refractivity contribution in [3.05, 3.63) is 18.2 Å². The number of thioether (sulfide) groups is 1. The molecule has 122 valence electrons. The number of amides is 1. The maximum absolute atomic E-state index is 12.7. The second kappa shape index (κ2) is 7.02. The fraction of sp³-hybridized carbons (Fsp3) is 0.533.